The van der Waals surface area contributed by atoms with E-state index in [4.69, 9.17) is 0 Å². The second kappa shape index (κ2) is 6.11. The molecule has 1 saturated carbocycles. The number of ketones is 1. The van der Waals surface area contributed by atoms with E-state index in [1.807, 2.05) is 16.9 Å². The summed E-state index contributed by atoms with van der Waals surface area (Å²) in [5.41, 5.74) is 1.09. The van der Waals surface area contributed by atoms with Gasteiger partial charge in [0.05, 0.1) is 12.1 Å². The summed E-state index contributed by atoms with van der Waals surface area (Å²) in [5, 5.41) is 4.56. The Kier molecular flexibility index (Phi) is 4.66. The van der Waals surface area contributed by atoms with Crippen LogP contribution in [0.1, 0.15) is 71.5 Å². The molecule has 0 aliphatic heterocycles. The lowest BCUT2D eigenvalue weighted by Gasteiger charge is -2.37. The molecule has 0 spiro atoms. The molecule has 0 saturated heterocycles. The van der Waals surface area contributed by atoms with Gasteiger partial charge in [0.15, 0.2) is 0 Å². The largest absolute Gasteiger partial charge is 0.299 e. The van der Waals surface area contributed by atoms with Crippen molar-refractivity contribution in [1.82, 2.24) is 9.78 Å². The maximum absolute atomic E-state index is 12.6. The van der Waals surface area contributed by atoms with Crippen LogP contribution in [-0.4, -0.2) is 15.6 Å². The predicted molar refractivity (Wildman–Crippen MR) is 81.7 cm³/mol. The molecule has 0 N–H and O–H groups in total. The van der Waals surface area contributed by atoms with E-state index in [0.717, 1.165) is 18.5 Å². The van der Waals surface area contributed by atoms with E-state index in [2.05, 4.69) is 32.8 Å². The van der Waals surface area contributed by atoms with E-state index in [9.17, 15) is 4.79 Å². The molecule has 2 unspecified atom stereocenters. The number of Topliss-reactive ketones (excluding diaryl/α,β-unsaturated/α-hetero) is 1. The van der Waals surface area contributed by atoms with Crippen LogP contribution in [0.3, 0.4) is 0 Å². The van der Waals surface area contributed by atoms with Crippen molar-refractivity contribution in [3.05, 3.63) is 18.0 Å². The molecule has 0 bridgehead atoms. The van der Waals surface area contributed by atoms with Gasteiger partial charge >= 0.3 is 0 Å². The van der Waals surface area contributed by atoms with E-state index in [1.165, 1.54) is 19.3 Å². The Balaban J connectivity index is 2.02. The fourth-order valence-electron chi connectivity index (χ4n) is 3.30. The lowest BCUT2D eigenvalue weighted by Crippen LogP contribution is -2.35. The van der Waals surface area contributed by atoms with Gasteiger partial charge in [-0.2, -0.15) is 5.10 Å². The number of nitrogens with zero attached hydrogens (tertiary/aromatic N) is 2. The first-order chi connectivity index (χ1) is 9.44. The summed E-state index contributed by atoms with van der Waals surface area (Å²) >= 11 is 0. The van der Waals surface area contributed by atoms with E-state index in [1.54, 1.807) is 0 Å². The van der Waals surface area contributed by atoms with Crippen molar-refractivity contribution in [1.29, 1.82) is 0 Å². The van der Waals surface area contributed by atoms with Crippen molar-refractivity contribution >= 4 is 5.78 Å². The molecule has 112 valence electrons. The summed E-state index contributed by atoms with van der Waals surface area (Å²) in [6, 6.07) is 2.41. The van der Waals surface area contributed by atoms with Gasteiger partial charge < -0.3 is 0 Å². The highest BCUT2D eigenvalue weighted by Crippen LogP contribution is 2.41. The lowest BCUT2D eigenvalue weighted by atomic mass is 9.66. The van der Waals surface area contributed by atoms with Crippen LogP contribution in [0.4, 0.5) is 0 Å². The number of carbonyl (C=O) groups excluding carboxylic acids is 1. The number of hydrogen-bond donors (Lipinski definition) is 0. The van der Waals surface area contributed by atoms with Crippen molar-refractivity contribution in [3.8, 4) is 0 Å². The average molecular weight is 276 g/mol. The molecule has 1 aromatic heterocycles. The molecule has 0 aromatic carbocycles. The SMILES string of the molecule is CCC(C)n1ccc(CC(=O)C2CCCCC2(C)C)n1. The summed E-state index contributed by atoms with van der Waals surface area (Å²) < 4.78 is 1.98. The van der Waals surface area contributed by atoms with Crippen molar-refractivity contribution in [2.45, 2.75) is 72.3 Å². The number of carbonyl (C=O) groups is 1. The van der Waals surface area contributed by atoms with Gasteiger partial charge in [-0.25, -0.2) is 0 Å². The number of aromatic nitrogens is 2. The molecule has 20 heavy (non-hydrogen) atoms. The molecule has 0 radical (unpaired) electrons. The molecule has 1 heterocycles. The molecule has 1 aromatic rings. The van der Waals surface area contributed by atoms with Crippen LogP contribution >= 0.6 is 0 Å². The van der Waals surface area contributed by atoms with E-state index in [0.29, 0.717) is 18.2 Å². The molecule has 1 fully saturated rings. The molecule has 2 atom stereocenters. The molecule has 1 aliphatic carbocycles. The highest BCUT2D eigenvalue weighted by molar-refractivity contribution is 5.83. The Hall–Kier alpha value is -1.12. The summed E-state index contributed by atoms with van der Waals surface area (Å²) in [6.45, 7) is 8.80. The topological polar surface area (TPSA) is 34.9 Å². The Labute approximate surface area is 122 Å². The monoisotopic (exact) mass is 276 g/mol. The fraction of sp³-hybridized carbons (Fsp3) is 0.765. The van der Waals surface area contributed by atoms with Gasteiger partial charge in [0.1, 0.15) is 5.78 Å². The maximum Gasteiger partial charge on any atom is 0.142 e. The highest BCUT2D eigenvalue weighted by atomic mass is 16.1. The van der Waals surface area contributed by atoms with Gasteiger partial charge in [-0.3, -0.25) is 9.48 Å². The smallest absolute Gasteiger partial charge is 0.142 e. The van der Waals surface area contributed by atoms with Crippen molar-refractivity contribution < 1.29 is 4.79 Å². The van der Waals surface area contributed by atoms with Gasteiger partial charge in [-0.15, -0.1) is 0 Å². The van der Waals surface area contributed by atoms with Crippen LogP contribution in [0, 0.1) is 11.3 Å². The molecular weight excluding hydrogens is 248 g/mol. The summed E-state index contributed by atoms with van der Waals surface area (Å²) in [6.07, 6.45) is 8.24. The summed E-state index contributed by atoms with van der Waals surface area (Å²) in [7, 11) is 0. The first-order valence-corrected chi connectivity index (χ1v) is 8.01. The Morgan fingerprint density at radius 1 is 1.50 bits per heavy atom. The molecule has 3 heteroatoms. The van der Waals surface area contributed by atoms with Crippen molar-refractivity contribution in [2.75, 3.05) is 0 Å². The van der Waals surface area contributed by atoms with Gasteiger partial charge in [-0.05, 0) is 37.7 Å². The number of rotatable bonds is 5. The minimum atomic E-state index is 0.161. The second-order valence-electron chi connectivity index (χ2n) is 6.97. The Morgan fingerprint density at radius 3 is 2.90 bits per heavy atom. The standard InChI is InChI=1S/C17H28N2O/c1-5-13(2)19-11-9-14(18-19)12-16(20)15-8-6-7-10-17(15,3)4/h9,11,13,15H,5-8,10,12H2,1-4H3. The zero-order valence-corrected chi connectivity index (χ0v) is 13.4. The molecule has 1 aliphatic rings. The quantitative estimate of drug-likeness (QED) is 0.808. The average Bonchev–Trinajstić information content (AvgIpc) is 2.85. The summed E-state index contributed by atoms with van der Waals surface area (Å²) in [4.78, 5) is 12.6. The predicted octanol–water partition coefficient (Wildman–Crippen LogP) is 4.18. The van der Waals surface area contributed by atoms with E-state index in [-0.39, 0.29) is 11.3 Å². The van der Waals surface area contributed by atoms with E-state index < -0.39 is 0 Å². The zero-order chi connectivity index (χ0) is 14.8. The van der Waals surface area contributed by atoms with Crippen molar-refractivity contribution in [3.63, 3.8) is 0 Å². The van der Waals surface area contributed by atoms with Crippen LogP contribution in [0.15, 0.2) is 12.3 Å². The van der Waals surface area contributed by atoms with Gasteiger partial charge in [0, 0.05) is 18.2 Å². The van der Waals surface area contributed by atoms with Crippen LogP contribution in [-0.2, 0) is 11.2 Å². The van der Waals surface area contributed by atoms with Crippen LogP contribution in [0.2, 0.25) is 0 Å². The Morgan fingerprint density at radius 2 is 2.25 bits per heavy atom. The van der Waals surface area contributed by atoms with Crippen LogP contribution in [0.5, 0.6) is 0 Å². The third-order valence-corrected chi connectivity index (χ3v) is 4.96. The third-order valence-electron chi connectivity index (χ3n) is 4.96. The minimum absolute atomic E-state index is 0.161. The molecule has 0 amide bonds. The van der Waals surface area contributed by atoms with Gasteiger partial charge in [0.2, 0.25) is 0 Å². The van der Waals surface area contributed by atoms with Crippen LogP contribution in [0.25, 0.3) is 0 Å². The van der Waals surface area contributed by atoms with E-state index >= 15 is 0 Å². The van der Waals surface area contributed by atoms with Crippen molar-refractivity contribution in [2.24, 2.45) is 11.3 Å². The second-order valence-corrected chi connectivity index (χ2v) is 6.97. The highest BCUT2D eigenvalue weighted by Gasteiger charge is 2.36. The molecule has 2 rings (SSSR count). The lowest BCUT2D eigenvalue weighted by molar-refractivity contribution is -0.127. The first kappa shape index (κ1) is 15.3. The maximum atomic E-state index is 12.6. The fourth-order valence-corrected chi connectivity index (χ4v) is 3.30. The number of hydrogen-bond acceptors (Lipinski definition) is 2. The zero-order valence-electron chi connectivity index (χ0n) is 13.4. The summed E-state index contributed by atoms with van der Waals surface area (Å²) in [5.74, 6) is 0.592. The van der Waals surface area contributed by atoms with Crippen LogP contribution < -0.4 is 0 Å². The normalized spacial score (nSPS) is 23.5. The van der Waals surface area contributed by atoms with Gasteiger partial charge in [0.25, 0.3) is 0 Å². The molecule has 3 nitrogen and oxygen atoms in total. The Bertz CT molecular complexity index is 461. The molecular formula is C17H28N2O. The first-order valence-electron chi connectivity index (χ1n) is 8.01. The minimum Gasteiger partial charge on any atom is -0.299 e. The van der Waals surface area contributed by atoms with Gasteiger partial charge in [-0.1, -0.05) is 33.6 Å². The third kappa shape index (κ3) is 3.31.